The van der Waals surface area contributed by atoms with E-state index < -0.39 is 16.1 Å². The van der Waals surface area contributed by atoms with Gasteiger partial charge >= 0.3 is 0 Å². The molecule has 1 atom stereocenters. The van der Waals surface area contributed by atoms with E-state index in [-0.39, 0.29) is 18.3 Å². The van der Waals surface area contributed by atoms with E-state index >= 15 is 0 Å². The fourth-order valence-corrected chi connectivity index (χ4v) is 5.91. The molecule has 2 aliphatic heterocycles. The van der Waals surface area contributed by atoms with E-state index in [9.17, 15) is 13.2 Å². The highest BCUT2D eigenvalue weighted by atomic mass is 35.5. The normalized spacial score (nSPS) is 21.1. The maximum Gasteiger partial charge on any atom is 0.244 e. The second kappa shape index (κ2) is 8.25. The minimum Gasteiger partial charge on any atom is -0.354 e. The van der Waals surface area contributed by atoms with Crippen LogP contribution in [0.1, 0.15) is 29.5 Å². The molecule has 0 saturated carbocycles. The molecule has 146 valence electrons. The van der Waals surface area contributed by atoms with Crippen molar-refractivity contribution < 1.29 is 13.2 Å². The lowest BCUT2D eigenvalue weighted by atomic mass is 10.0. The molecule has 3 rings (SSSR count). The second-order valence-electron chi connectivity index (χ2n) is 7.27. The van der Waals surface area contributed by atoms with Crippen LogP contribution in [0.15, 0.2) is 17.0 Å². The molecule has 2 N–H and O–H groups in total. The average molecular weight is 402 g/mol. The zero-order chi connectivity index (χ0) is 18.2. The van der Waals surface area contributed by atoms with Crippen molar-refractivity contribution in [3.05, 3.63) is 28.8 Å². The Morgan fingerprint density at radius 2 is 1.85 bits per heavy atom. The monoisotopic (exact) mass is 401 g/mol. The van der Waals surface area contributed by atoms with Gasteiger partial charge in [-0.05, 0) is 44.7 Å². The molecule has 0 bridgehead atoms. The minimum absolute atomic E-state index is 0. The molecule has 2 aliphatic rings. The Hall–Kier alpha value is -1.15. The van der Waals surface area contributed by atoms with Crippen molar-refractivity contribution in [2.24, 2.45) is 5.92 Å². The first kappa shape index (κ1) is 21.2. The third kappa shape index (κ3) is 4.06. The van der Waals surface area contributed by atoms with Crippen LogP contribution in [0.25, 0.3) is 0 Å². The minimum atomic E-state index is -3.68. The SMILES string of the molecule is Cc1cc(C)c(S(=O)(=O)N2CCCC2C(=O)NCC2CNC2)c(C)c1.Cl. The van der Waals surface area contributed by atoms with Crippen LogP contribution in [-0.4, -0.2) is 50.9 Å². The zero-order valence-electron chi connectivity index (χ0n) is 15.5. The molecule has 0 spiro atoms. The summed E-state index contributed by atoms with van der Waals surface area (Å²) in [6.07, 6.45) is 1.30. The molecule has 2 fully saturated rings. The van der Waals surface area contributed by atoms with Gasteiger partial charge in [-0.15, -0.1) is 12.4 Å². The van der Waals surface area contributed by atoms with Crippen LogP contribution in [0.3, 0.4) is 0 Å². The highest BCUT2D eigenvalue weighted by Gasteiger charge is 2.40. The third-order valence-electron chi connectivity index (χ3n) is 5.11. The molecule has 0 aliphatic carbocycles. The third-order valence-corrected chi connectivity index (χ3v) is 7.32. The molecule has 1 unspecified atom stereocenters. The van der Waals surface area contributed by atoms with Crippen molar-refractivity contribution >= 4 is 28.3 Å². The van der Waals surface area contributed by atoms with Crippen molar-refractivity contribution in [1.82, 2.24) is 14.9 Å². The average Bonchev–Trinajstić information content (AvgIpc) is 2.94. The van der Waals surface area contributed by atoms with E-state index in [1.165, 1.54) is 4.31 Å². The highest BCUT2D eigenvalue weighted by Crippen LogP contribution is 2.30. The molecule has 1 aromatic carbocycles. The molecular weight excluding hydrogens is 374 g/mol. The summed E-state index contributed by atoms with van der Waals surface area (Å²) in [7, 11) is -3.68. The second-order valence-corrected chi connectivity index (χ2v) is 9.10. The topological polar surface area (TPSA) is 78.5 Å². The fraction of sp³-hybridized carbons (Fsp3) is 0.611. The number of carbonyl (C=O) groups excluding carboxylic acids is 1. The molecule has 0 radical (unpaired) electrons. The number of hydrogen-bond acceptors (Lipinski definition) is 4. The summed E-state index contributed by atoms with van der Waals surface area (Å²) < 4.78 is 27.9. The Morgan fingerprint density at radius 1 is 1.23 bits per heavy atom. The Labute approximate surface area is 162 Å². The van der Waals surface area contributed by atoms with Gasteiger partial charge in [0.15, 0.2) is 0 Å². The largest absolute Gasteiger partial charge is 0.354 e. The van der Waals surface area contributed by atoms with Crippen molar-refractivity contribution in [3.8, 4) is 0 Å². The van der Waals surface area contributed by atoms with E-state index in [0.29, 0.717) is 36.7 Å². The quantitative estimate of drug-likeness (QED) is 0.784. The molecular formula is C18H28ClN3O3S. The maximum atomic E-state index is 13.2. The number of amides is 1. The summed E-state index contributed by atoms with van der Waals surface area (Å²) in [4.78, 5) is 12.9. The van der Waals surface area contributed by atoms with Crippen LogP contribution in [0.4, 0.5) is 0 Å². The summed E-state index contributed by atoms with van der Waals surface area (Å²) in [5.41, 5.74) is 2.52. The number of sulfonamides is 1. The predicted molar refractivity (Wildman–Crippen MR) is 104 cm³/mol. The number of halogens is 1. The molecule has 0 aromatic heterocycles. The number of carbonyl (C=O) groups is 1. The summed E-state index contributed by atoms with van der Waals surface area (Å²) in [6.45, 7) is 8.43. The molecule has 8 heteroatoms. The van der Waals surface area contributed by atoms with Crippen molar-refractivity contribution in [3.63, 3.8) is 0 Å². The fourth-order valence-electron chi connectivity index (χ4n) is 3.84. The number of nitrogens with one attached hydrogen (secondary N) is 2. The van der Waals surface area contributed by atoms with Crippen LogP contribution in [0.2, 0.25) is 0 Å². The smallest absolute Gasteiger partial charge is 0.244 e. The van der Waals surface area contributed by atoms with Gasteiger partial charge in [0.25, 0.3) is 0 Å². The highest BCUT2D eigenvalue weighted by molar-refractivity contribution is 7.89. The van der Waals surface area contributed by atoms with E-state index in [0.717, 1.165) is 29.8 Å². The molecule has 26 heavy (non-hydrogen) atoms. The van der Waals surface area contributed by atoms with Crippen LogP contribution in [-0.2, 0) is 14.8 Å². The first-order valence-corrected chi connectivity index (χ1v) is 10.3. The lowest BCUT2D eigenvalue weighted by molar-refractivity contribution is -0.124. The Balaban J connectivity index is 0.00000243. The number of rotatable bonds is 5. The van der Waals surface area contributed by atoms with Gasteiger partial charge in [0.05, 0.1) is 4.90 Å². The number of aryl methyl sites for hydroxylation is 3. The molecule has 6 nitrogen and oxygen atoms in total. The number of hydrogen-bond donors (Lipinski definition) is 2. The summed E-state index contributed by atoms with van der Waals surface area (Å²) >= 11 is 0. The first-order valence-electron chi connectivity index (χ1n) is 8.89. The van der Waals surface area contributed by atoms with E-state index in [1.54, 1.807) is 0 Å². The lowest BCUT2D eigenvalue weighted by Crippen LogP contribution is -2.51. The van der Waals surface area contributed by atoms with Crippen LogP contribution in [0, 0.1) is 26.7 Å². The molecule has 1 amide bonds. The Bertz CT molecular complexity index is 755. The van der Waals surface area contributed by atoms with Crippen molar-refractivity contribution in [2.75, 3.05) is 26.2 Å². The zero-order valence-corrected chi connectivity index (χ0v) is 17.2. The molecule has 2 heterocycles. The summed E-state index contributed by atoms with van der Waals surface area (Å²) in [6, 6.07) is 3.17. The van der Waals surface area contributed by atoms with Gasteiger partial charge in [-0.2, -0.15) is 4.31 Å². The van der Waals surface area contributed by atoms with E-state index in [4.69, 9.17) is 0 Å². The number of nitrogens with zero attached hydrogens (tertiary/aromatic N) is 1. The lowest BCUT2D eigenvalue weighted by Gasteiger charge is -2.29. The van der Waals surface area contributed by atoms with Gasteiger partial charge in [-0.3, -0.25) is 4.79 Å². The van der Waals surface area contributed by atoms with Crippen molar-refractivity contribution in [1.29, 1.82) is 0 Å². The first-order chi connectivity index (χ1) is 11.8. The molecule has 2 saturated heterocycles. The van der Waals surface area contributed by atoms with Gasteiger partial charge in [-0.25, -0.2) is 8.42 Å². The van der Waals surface area contributed by atoms with Gasteiger partial charge in [0.1, 0.15) is 6.04 Å². The number of benzene rings is 1. The van der Waals surface area contributed by atoms with Crippen LogP contribution >= 0.6 is 12.4 Å². The van der Waals surface area contributed by atoms with E-state index in [1.807, 2.05) is 32.9 Å². The standard InChI is InChI=1S/C18H27N3O3S.ClH/c1-12-7-13(2)17(14(3)8-12)25(23,24)21-6-4-5-16(21)18(22)20-11-15-9-19-10-15;/h7-8,15-16,19H,4-6,9-11H2,1-3H3,(H,20,22);1H. The summed E-state index contributed by atoms with van der Waals surface area (Å²) in [5.74, 6) is 0.285. The molecule has 1 aromatic rings. The van der Waals surface area contributed by atoms with E-state index in [2.05, 4.69) is 10.6 Å². The Kier molecular flexibility index (Phi) is 6.71. The Morgan fingerprint density at radius 3 is 2.38 bits per heavy atom. The summed E-state index contributed by atoms with van der Waals surface area (Å²) in [5, 5.41) is 6.10. The van der Waals surface area contributed by atoms with Crippen molar-refractivity contribution in [2.45, 2.75) is 44.6 Å². The maximum absolute atomic E-state index is 13.2. The van der Waals surface area contributed by atoms with Crippen LogP contribution in [0.5, 0.6) is 0 Å². The van der Waals surface area contributed by atoms with Gasteiger partial charge < -0.3 is 10.6 Å². The van der Waals surface area contributed by atoms with Gasteiger partial charge in [0, 0.05) is 32.1 Å². The van der Waals surface area contributed by atoms with Crippen LogP contribution < -0.4 is 10.6 Å². The predicted octanol–water partition coefficient (Wildman–Crippen LogP) is 1.52. The van der Waals surface area contributed by atoms with Gasteiger partial charge in [0.2, 0.25) is 15.9 Å². The van der Waals surface area contributed by atoms with Gasteiger partial charge in [-0.1, -0.05) is 17.7 Å².